The van der Waals surface area contributed by atoms with E-state index in [1.807, 2.05) is 17.5 Å². The van der Waals surface area contributed by atoms with E-state index in [9.17, 15) is 9.90 Å². The predicted octanol–water partition coefficient (Wildman–Crippen LogP) is 2.02. The van der Waals surface area contributed by atoms with Gasteiger partial charge in [0.2, 0.25) is 0 Å². The number of hydrogen-bond donors (Lipinski definition) is 1. The van der Waals surface area contributed by atoms with Crippen molar-refractivity contribution < 1.29 is 9.90 Å². The number of thiophene rings is 1. The van der Waals surface area contributed by atoms with Crippen molar-refractivity contribution in [2.45, 2.75) is 18.9 Å². The molecule has 1 N–H and O–H groups in total. The molecule has 0 aliphatic carbocycles. The average Bonchev–Trinajstić information content (AvgIpc) is 2.89. The van der Waals surface area contributed by atoms with E-state index in [1.165, 1.54) is 0 Å². The fraction of sp³-hybridized carbons (Fsp3) is 0.364. The zero-order valence-electron chi connectivity index (χ0n) is 8.14. The summed E-state index contributed by atoms with van der Waals surface area (Å²) in [7, 11) is 0. The maximum atomic E-state index is 11.7. The lowest BCUT2D eigenvalue weighted by atomic mass is 10.1. The molecule has 1 amide bonds. The molecule has 1 atom stereocenters. The summed E-state index contributed by atoms with van der Waals surface area (Å²) in [6.45, 7) is 0.780. The van der Waals surface area contributed by atoms with Crippen LogP contribution in [0.3, 0.4) is 0 Å². The first-order valence-corrected chi connectivity index (χ1v) is 5.95. The summed E-state index contributed by atoms with van der Waals surface area (Å²) in [5, 5.41) is 11.8. The van der Waals surface area contributed by atoms with Gasteiger partial charge in [-0.3, -0.25) is 4.79 Å². The SMILES string of the molecule is O=C1C(O)=C(c2cccs2)C2CCCN12. The number of amides is 1. The fourth-order valence-electron chi connectivity index (χ4n) is 2.43. The van der Waals surface area contributed by atoms with Crippen LogP contribution in [0, 0.1) is 0 Å². The van der Waals surface area contributed by atoms with E-state index in [1.54, 1.807) is 16.2 Å². The van der Waals surface area contributed by atoms with E-state index in [0.29, 0.717) is 0 Å². The summed E-state index contributed by atoms with van der Waals surface area (Å²) in [6, 6.07) is 4.03. The highest BCUT2D eigenvalue weighted by Crippen LogP contribution is 2.39. The maximum absolute atomic E-state index is 11.7. The first-order chi connectivity index (χ1) is 7.29. The van der Waals surface area contributed by atoms with Crippen LogP contribution in [-0.4, -0.2) is 28.5 Å². The van der Waals surface area contributed by atoms with Crippen molar-refractivity contribution in [2.24, 2.45) is 0 Å². The Labute approximate surface area is 91.6 Å². The summed E-state index contributed by atoms with van der Waals surface area (Å²) in [4.78, 5) is 14.5. The van der Waals surface area contributed by atoms with Gasteiger partial charge in [-0.15, -0.1) is 11.3 Å². The summed E-state index contributed by atoms with van der Waals surface area (Å²) in [6.07, 6.45) is 2.02. The van der Waals surface area contributed by atoms with Gasteiger partial charge in [0, 0.05) is 17.0 Å². The van der Waals surface area contributed by atoms with Gasteiger partial charge in [0.25, 0.3) is 5.91 Å². The molecule has 3 heterocycles. The zero-order chi connectivity index (χ0) is 10.4. The van der Waals surface area contributed by atoms with E-state index in [2.05, 4.69) is 0 Å². The largest absolute Gasteiger partial charge is 0.503 e. The first kappa shape index (κ1) is 8.97. The zero-order valence-corrected chi connectivity index (χ0v) is 8.96. The Morgan fingerprint density at radius 2 is 2.40 bits per heavy atom. The van der Waals surface area contributed by atoms with Crippen LogP contribution in [0.2, 0.25) is 0 Å². The number of aliphatic hydroxyl groups excluding tert-OH is 1. The van der Waals surface area contributed by atoms with Crippen LogP contribution >= 0.6 is 11.3 Å². The Kier molecular flexibility index (Phi) is 1.85. The van der Waals surface area contributed by atoms with Crippen LogP contribution in [0.25, 0.3) is 5.57 Å². The lowest BCUT2D eigenvalue weighted by Gasteiger charge is -2.16. The molecule has 3 rings (SSSR count). The van der Waals surface area contributed by atoms with Gasteiger partial charge in [0.15, 0.2) is 5.76 Å². The lowest BCUT2D eigenvalue weighted by molar-refractivity contribution is -0.128. The van der Waals surface area contributed by atoms with Crippen molar-refractivity contribution in [3.8, 4) is 0 Å². The van der Waals surface area contributed by atoms with Crippen LogP contribution in [0.1, 0.15) is 17.7 Å². The van der Waals surface area contributed by atoms with Crippen LogP contribution in [0.4, 0.5) is 0 Å². The van der Waals surface area contributed by atoms with Gasteiger partial charge >= 0.3 is 0 Å². The Morgan fingerprint density at radius 1 is 1.53 bits per heavy atom. The summed E-state index contributed by atoms with van der Waals surface area (Å²) in [5.41, 5.74) is 0.840. The second-order valence-electron chi connectivity index (χ2n) is 3.90. The lowest BCUT2D eigenvalue weighted by Crippen LogP contribution is -2.29. The minimum absolute atomic E-state index is 0.0397. The molecule has 1 aromatic heterocycles. The molecule has 3 nitrogen and oxygen atoms in total. The number of carbonyl (C=O) groups excluding carboxylic acids is 1. The van der Waals surface area contributed by atoms with Crippen molar-refractivity contribution >= 4 is 22.8 Å². The summed E-state index contributed by atoms with van der Waals surface area (Å²) in [5.74, 6) is -0.233. The molecule has 0 aromatic carbocycles. The minimum Gasteiger partial charge on any atom is -0.503 e. The third-order valence-corrected chi connectivity index (χ3v) is 3.99. The predicted molar refractivity (Wildman–Crippen MR) is 58.6 cm³/mol. The monoisotopic (exact) mass is 221 g/mol. The number of rotatable bonds is 1. The highest BCUT2D eigenvalue weighted by molar-refractivity contribution is 7.11. The highest BCUT2D eigenvalue weighted by atomic mass is 32.1. The summed E-state index contributed by atoms with van der Waals surface area (Å²) >= 11 is 1.58. The second kappa shape index (κ2) is 3.10. The average molecular weight is 221 g/mol. The van der Waals surface area contributed by atoms with E-state index in [4.69, 9.17) is 0 Å². The summed E-state index contributed by atoms with van der Waals surface area (Å²) < 4.78 is 0. The first-order valence-electron chi connectivity index (χ1n) is 5.07. The fourth-order valence-corrected chi connectivity index (χ4v) is 3.25. The molecule has 1 unspecified atom stereocenters. The molecule has 1 aromatic rings. The molecular formula is C11H11NO2S. The van der Waals surface area contributed by atoms with Crippen molar-refractivity contribution in [3.05, 3.63) is 28.1 Å². The van der Waals surface area contributed by atoms with Crippen molar-refractivity contribution in [3.63, 3.8) is 0 Å². The number of carbonyl (C=O) groups is 1. The van der Waals surface area contributed by atoms with Gasteiger partial charge in [0.1, 0.15) is 0 Å². The third-order valence-electron chi connectivity index (χ3n) is 3.09. The van der Waals surface area contributed by atoms with Gasteiger partial charge in [-0.2, -0.15) is 0 Å². The molecule has 78 valence electrons. The molecule has 0 bridgehead atoms. The number of fused-ring (bicyclic) bond motifs is 1. The Bertz CT molecular complexity index is 435. The molecule has 1 fully saturated rings. The normalized spacial score (nSPS) is 25.2. The van der Waals surface area contributed by atoms with E-state index >= 15 is 0 Å². The van der Waals surface area contributed by atoms with Gasteiger partial charge in [0.05, 0.1) is 6.04 Å². The Morgan fingerprint density at radius 3 is 3.13 bits per heavy atom. The van der Waals surface area contributed by atoms with Gasteiger partial charge in [-0.1, -0.05) is 6.07 Å². The molecule has 2 aliphatic heterocycles. The Hall–Kier alpha value is -1.29. The number of nitrogens with zero attached hydrogens (tertiary/aromatic N) is 1. The number of aliphatic hydroxyl groups is 1. The van der Waals surface area contributed by atoms with E-state index in [-0.39, 0.29) is 17.7 Å². The van der Waals surface area contributed by atoms with Crippen molar-refractivity contribution in [1.82, 2.24) is 4.90 Å². The number of hydrogen-bond acceptors (Lipinski definition) is 3. The van der Waals surface area contributed by atoms with Crippen LogP contribution < -0.4 is 0 Å². The molecular weight excluding hydrogens is 210 g/mol. The molecule has 0 spiro atoms. The van der Waals surface area contributed by atoms with Crippen molar-refractivity contribution in [2.75, 3.05) is 6.54 Å². The third kappa shape index (κ3) is 1.14. The maximum Gasteiger partial charge on any atom is 0.289 e. The van der Waals surface area contributed by atoms with Crippen LogP contribution in [0.5, 0.6) is 0 Å². The van der Waals surface area contributed by atoms with E-state index in [0.717, 1.165) is 29.8 Å². The molecule has 4 heteroatoms. The minimum atomic E-state index is -0.194. The van der Waals surface area contributed by atoms with Gasteiger partial charge < -0.3 is 10.0 Å². The standard InChI is InChI=1S/C11H11NO2S/c13-10-9(8-4-2-6-15-8)7-3-1-5-12(7)11(10)14/h2,4,6-7,13H,1,3,5H2. The van der Waals surface area contributed by atoms with Crippen LogP contribution in [0.15, 0.2) is 23.3 Å². The molecule has 15 heavy (non-hydrogen) atoms. The van der Waals surface area contributed by atoms with Gasteiger partial charge in [-0.05, 0) is 24.3 Å². The topological polar surface area (TPSA) is 40.5 Å². The second-order valence-corrected chi connectivity index (χ2v) is 4.84. The molecule has 1 saturated heterocycles. The molecule has 2 aliphatic rings. The molecule has 0 radical (unpaired) electrons. The highest BCUT2D eigenvalue weighted by Gasteiger charge is 2.42. The van der Waals surface area contributed by atoms with Crippen LogP contribution in [-0.2, 0) is 4.79 Å². The van der Waals surface area contributed by atoms with E-state index < -0.39 is 0 Å². The Balaban J connectivity index is 2.10. The van der Waals surface area contributed by atoms with Gasteiger partial charge in [-0.25, -0.2) is 0 Å². The van der Waals surface area contributed by atoms with Crippen molar-refractivity contribution in [1.29, 1.82) is 0 Å². The smallest absolute Gasteiger partial charge is 0.289 e. The quantitative estimate of drug-likeness (QED) is 0.788. The molecule has 0 saturated carbocycles.